The Balaban J connectivity index is 1.54. The van der Waals surface area contributed by atoms with Gasteiger partial charge in [0.2, 0.25) is 0 Å². The molecule has 1 aliphatic carbocycles. The molecule has 3 aromatic rings. The number of aromatic nitrogens is 1. The molecule has 1 aromatic carbocycles. The Morgan fingerprint density at radius 2 is 2.07 bits per heavy atom. The number of carbonyl (C=O) groups excluding carboxylic acids is 2. The summed E-state index contributed by atoms with van der Waals surface area (Å²) in [5.74, 6) is -1.26. The number of esters is 1. The summed E-state index contributed by atoms with van der Waals surface area (Å²) in [6, 6.07) is 13.3. The molecule has 2 heterocycles. The molecule has 0 saturated carbocycles. The van der Waals surface area contributed by atoms with Gasteiger partial charge in [0.15, 0.2) is 6.10 Å². The van der Waals surface area contributed by atoms with Gasteiger partial charge >= 0.3 is 5.97 Å². The summed E-state index contributed by atoms with van der Waals surface area (Å²) in [7, 11) is 0. The summed E-state index contributed by atoms with van der Waals surface area (Å²) in [5, 5.41) is 12.9. The predicted octanol–water partition coefficient (Wildman–Crippen LogP) is 4.62. The summed E-state index contributed by atoms with van der Waals surface area (Å²) < 4.78 is 5.23. The van der Waals surface area contributed by atoms with E-state index in [2.05, 4.69) is 22.4 Å². The van der Waals surface area contributed by atoms with E-state index in [1.54, 1.807) is 6.07 Å². The zero-order chi connectivity index (χ0) is 21.3. The average Bonchev–Trinajstić information content (AvgIpc) is 3.11. The van der Waals surface area contributed by atoms with Crippen molar-refractivity contribution in [2.24, 2.45) is 0 Å². The van der Waals surface area contributed by atoms with Crippen molar-refractivity contribution in [2.45, 2.75) is 25.9 Å². The topological polar surface area (TPSA) is 92.1 Å². The van der Waals surface area contributed by atoms with Crippen molar-refractivity contribution in [1.29, 1.82) is 5.26 Å². The average molecular weight is 438 g/mol. The first-order valence-corrected chi connectivity index (χ1v) is 10.5. The highest BCUT2D eigenvalue weighted by Gasteiger charge is 2.27. The lowest BCUT2D eigenvalue weighted by Crippen LogP contribution is -2.30. The number of benzene rings is 1. The number of hydrogen-bond acceptors (Lipinski definition) is 6. The van der Waals surface area contributed by atoms with E-state index < -0.39 is 18.0 Å². The number of rotatable bonds is 4. The third-order valence-electron chi connectivity index (χ3n) is 4.89. The minimum Gasteiger partial charge on any atom is -0.449 e. The molecule has 0 radical (unpaired) electrons. The molecule has 8 heteroatoms. The molecule has 0 spiro atoms. The second kappa shape index (κ2) is 8.27. The van der Waals surface area contributed by atoms with Crippen LogP contribution in [0.25, 0.3) is 10.4 Å². The van der Waals surface area contributed by atoms with Crippen LogP contribution in [-0.4, -0.2) is 23.0 Å². The van der Waals surface area contributed by atoms with Crippen LogP contribution in [0.4, 0.5) is 5.00 Å². The van der Waals surface area contributed by atoms with E-state index in [4.69, 9.17) is 16.3 Å². The Labute approximate surface area is 182 Å². The third kappa shape index (κ3) is 3.67. The first-order chi connectivity index (χ1) is 14.5. The lowest BCUT2D eigenvalue weighted by atomic mass is 9.90. The normalized spacial score (nSPS) is 12.8. The highest BCUT2D eigenvalue weighted by Crippen LogP contribution is 2.44. The molecule has 30 heavy (non-hydrogen) atoms. The quantitative estimate of drug-likeness (QED) is 0.475. The monoisotopic (exact) mass is 437 g/mol. The van der Waals surface area contributed by atoms with Gasteiger partial charge in [-0.15, -0.1) is 11.3 Å². The van der Waals surface area contributed by atoms with Gasteiger partial charge in [0.05, 0.1) is 11.1 Å². The van der Waals surface area contributed by atoms with Crippen LogP contribution in [0, 0.1) is 11.3 Å². The van der Waals surface area contributed by atoms with Gasteiger partial charge in [-0.3, -0.25) is 4.79 Å². The number of halogens is 1. The highest BCUT2D eigenvalue weighted by atomic mass is 35.5. The van der Waals surface area contributed by atoms with E-state index in [-0.39, 0.29) is 10.7 Å². The summed E-state index contributed by atoms with van der Waals surface area (Å²) in [4.78, 5) is 29.8. The number of aryl methyl sites for hydroxylation is 1. The SMILES string of the molecule is CC(OC(=O)c1cccnc1Cl)C(=O)Nc1sc2c(c1C#N)CCc1ccccc1-2. The number of nitrogens with one attached hydrogen (secondary N) is 1. The Bertz CT molecular complexity index is 1200. The van der Waals surface area contributed by atoms with E-state index >= 15 is 0 Å². The van der Waals surface area contributed by atoms with Crippen molar-refractivity contribution < 1.29 is 14.3 Å². The van der Waals surface area contributed by atoms with Crippen molar-refractivity contribution in [1.82, 2.24) is 4.98 Å². The van der Waals surface area contributed by atoms with Gasteiger partial charge < -0.3 is 10.1 Å². The van der Waals surface area contributed by atoms with Crippen molar-refractivity contribution in [2.75, 3.05) is 5.32 Å². The summed E-state index contributed by atoms with van der Waals surface area (Å²) in [6.45, 7) is 1.46. The summed E-state index contributed by atoms with van der Waals surface area (Å²) >= 11 is 7.27. The van der Waals surface area contributed by atoms with Crippen LogP contribution in [-0.2, 0) is 22.4 Å². The van der Waals surface area contributed by atoms with Crippen molar-refractivity contribution in [3.8, 4) is 16.5 Å². The number of nitrogens with zero attached hydrogens (tertiary/aromatic N) is 2. The zero-order valence-electron chi connectivity index (χ0n) is 15.9. The molecule has 1 amide bonds. The number of anilines is 1. The number of ether oxygens (including phenoxy) is 1. The summed E-state index contributed by atoms with van der Waals surface area (Å²) in [5.41, 5.74) is 3.81. The Kier molecular flexibility index (Phi) is 5.53. The second-order valence-electron chi connectivity index (χ2n) is 6.76. The molecule has 1 atom stereocenters. The van der Waals surface area contributed by atoms with Gasteiger partial charge in [-0.05, 0) is 48.6 Å². The lowest BCUT2D eigenvalue weighted by molar-refractivity contribution is -0.123. The maximum Gasteiger partial charge on any atom is 0.342 e. The molecule has 0 saturated heterocycles. The van der Waals surface area contributed by atoms with E-state index in [9.17, 15) is 14.9 Å². The molecule has 1 unspecified atom stereocenters. The molecular formula is C22H16ClN3O3S. The fraction of sp³-hybridized carbons (Fsp3) is 0.182. The smallest absolute Gasteiger partial charge is 0.342 e. The molecule has 1 aliphatic rings. The molecule has 4 rings (SSSR count). The third-order valence-corrected chi connectivity index (χ3v) is 6.38. The number of hydrogen-bond donors (Lipinski definition) is 1. The van der Waals surface area contributed by atoms with Crippen LogP contribution < -0.4 is 5.32 Å². The van der Waals surface area contributed by atoms with Crippen LogP contribution in [0.5, 0.6) is 0 Å². The number of thiophene rings is 1. The number of nitriles is 1. The molecule has 0 bridgehead atoms. The highest BCUT2D eigenvalue weighted by molar-refractivity contribution is 7.20. The lowest BCUT2D eigenvalue weighted by Gasteiger charge is -2.15. The molecule has 1 N–H and O–H groups in total. The summed E-state index contributed by atoms with van der Waals surface area (Å²) in [6.07, 6.45) is 1.97. The Morgan fingerprint density at radius 3 is 2.83 bits per heavy atom. The number of fused-ring (bicyclic) bond motifs is 3. The molecule has 0 fully saturated rings. The van der Waals surface area contributed by atoms with Crippen LogP contribution in [0.3, 0.4) is 0 Å². The first-order valence-electron chi connectivity index (χ1n) is 9.26. The maximum absolute atomic E-state index is 12.7. The first kappa shape index (κ1) is 20.1. The Morgan fingerprint density at radius 1 is 1.27 bits per heavy atom. The number of amides is 1. The molecule has 0 aliphatic heterocycles. The number of pyridine rings is 1. The Hall–Kier alpha value is -3.21. The fourth-order valence-electron chi connectivity index (χ4n) is 3.38. The maximum atomic E-state index is 12.7. The van der Waals surface area contributed by atoms with Gasteiger partial charge in [0.1, 0.15) is 16.2 Å². The van der Waals surface area contributed by atoms with Crippen LogP contribution >= 0.6 is 22.9 Å². The molecule has 150 valence electrons. The predicted molar refractivity (Wildman–Crippen MR) is 115 cm³/mol. The standard InChI is InChI=1S/C22H16ClN3O3S/c1-12(29-22(28)16-7-4-10-25-19(16)23)20(27)26-21-17(11-24)15-9-8-13-5-2-3-6-14(13)18(15)30-21/h2-7,10,12H,8-9H2,1H3,(H,26,27). The van der Waals surface area contributed by atoms with Crippen molar-refractivity contribution in [3.63, 3.8) is 0 Å². The van der Waals surface area contributed by atoms with E-state index in [1.165, 1.54) is 36.1 Å². The number of carbonyl (C=O) groups is 2. The van der Waals surface area contributed by atoms with Gasteiger partial charge in [-0.2, -0.15) is 5.26 Å². The van der Waals surface area contributed by atoms with Gasteiger partial charge in [-0.1, -0.05) is 35.9 Å². The fourth-order valence-corrected chi connectivity index (χ4v) is 4.84. The zero-order valence-corrected chi connectivity index (χ0v) is 17.5. The largest absolute Gasteiger partial charge is 0.449 e. The van der Waals surface area contributed by atoms with Crippen molar-refractivity contribution >= 4 is 39.8 Å². The molecule has 6 nitrogen and oxygen atoms in total. The van der Waals surface area contributed by atoms with Gasteiger partial charge in [0.25, 0.3) is 5.91 Å². The minimum atomic E-state index is -1.08. The minimum absolute atomic E-state index is 0.00599. The van der Waals surface area contributed by atoms with Crippen molar-refractivity contribution in [3.05, 3.63) is 70.0 Å². The van der Waals surface area contributed by atoms with Crippen LogP contribution in [0.1, 0.15) is 34.0 Å². The van der Waals surface area contributed by atoms with Crippen LogP contribution in [0.2, 0.25) is 5.15 Å². The molecular weight excluding hydrogens is 422 g/mol. The van der Waals surface area contributed by atoms with Crippen LogP contribution in [0.15, 0.2) is 42.6 Å². The van der Waals surface area contributed by atoms with E-state index in [0.29, 0.717) is 10.6 Å². The van der Waals surface area contributed by atoms with Gasteiger partial charge in [0, 0.05) is 11.1 Å². The second-order valence-corrected chi connectivity index (χ2v) is 8.14. The molecule has 2 aromatic heterocycles. The van der Waals surface area contributed by atoms with E-state index in [0.717, 1.165) is 28.8 Å². The van der Waals surface area contributed by atoms with Gasteiger partial charge in [-0.25, -0.2) is 9.78 Å². The van der Waals surface area contributed by atoms with E-state index in [1.807, 2.05) is 18.2 Å².